The van der Waals surface area contributed by atoms with Crippen LogP contribution in [0.25, 0.3) is 11.3 Å². The van der Waals surface area contributed by atoms with E-state index in [2.05, 4.69) is 43.2 Å². The highest BCUT2D eigenvalue weighted by Crippen LogP contribution is 2.30. The van der Waals surface area contributed by atoms with Crippen LogP contribution in [-0.2, 0) is 4.79 Å². The van der Waals surface area contributed by atoms with Gasteiger partial charge >= 0.3 is 0 Å². The average Bonchev–Trinajstić information content (AvgIpc) is 3.17. The smallest absolute Gasteiger partial charge is 0.261 e. The maximum Gasteiger partial charge on any atom is 0.261 e. The Kier molecular flexibility index (Phi) is 6.52. The lowest BCUT2D eigenvalue weighted by Gasteiger charge is -2.13. The molecule has 0 aliphatic rings. The summed E-state index contributed by atoms with van der Waals surface area (Å²) in [5.74, 6) is -0.161. The van der Waals surface area contributed by atoms with E-state index < -0.39 is 0 Å². The number of amides is 2. The number of carbonyl (C=O) groups excluding carboxylic acids is 2. The number of ether oxygens (including phenoxy) is 1. The van der Waals surface area contributed by atoms with E-state index >= 15 is 0 Å². The zero-order chi connectivity index (χ0) is 21.8. The van der Waals surface area contributed by atoms with Gasteiger partial charge < -0.3 is 9.64 Å². The molecule has 0 aliphatic heterocycles. The second-order valence-corrected chi connectivity index (χ2v) is 8.17. The quantitative estimate of drug-likeness (QED) is 0.636. The minimum Gasteiger partial charge on any atom is -0.483 e. The van der Waals surface area contributed by atoms with Crippen molar-refractivity contribution in [2.45, 2.75) is 20.8 Å². The summed E-state index contributed by atoms with van der Waals surface area (Å²) < 4.78 is 5.56. The Balaban J connectivity index is 1.77. The van der Waals surface area contributed by atoms with Crippen molar-refractivity contribution in [3.05, 3.63) is 64.0 Å². The molecule has 1 N–H and O–H groups in total. The molecule has 3 rings (SSSR count). The van der Waals surface area contributed by atoms with Gasteiger partial charge in [0, 0.05) is 25.0 Å². The van der Waals surface area contributed by atoms with E-state index in [0.717, 1.165) is 16.8 Å². The third-order valence-corrected chi connectivity index (χ3v) is 5.58. The van der Waals surface area contributed by atoms with Gasteiger partial charge in [0.25, 0.3) is 11.8 Å². The summed E-state index contributed by atoms with van der Waals surface area (Å²) in [6, 6.07) is 11.1. The molecular weight excluding hydrogens is 398 g/mol. The first kappa shape index (κ1) is 21.5. The van der Waals surface area contributed by atoms with Gasteiger partial charge in [0.1, 0.15) is 5.75 Å². The molecular formula is C23H25N3O3S. The minimum atomic E-state index is -0.333. The molecule has 0 saturated carbocycles. The van der Waals surface area contributed by atoms with Crippen molar-refractivity contribution in [1.82, 2.24) is 9.88 Å². The lowest BCUT2D eigenvalue weighted by Crippen LogP contribution is -2.28. The molecule has 2 aromatic carbocycles. The van der Waals surface area contributed by atoms with E-state index in [1.165, 1.54) is 27.4 Å². The lowest BCUT2D eigenvalue weighted by molar-refractivity contribution is -0.130. The highest BCUT2D eigenvalue weighted by molar-refractivity contribution is 7.14. The van der Waals surface area contributed by atoms with Crippen molar-refractivity contribution in [1.29, 1.82) is 0 Å². The molecule has 2 amide bonds. The average molecular weight is 424 g/mol. The fraction of sp³-hybridized carbons (Fsp3) is 0.261. The molecule has 0 saturated heterocycles. The Morgan fingerprint density at radius 3 is 2.50 bits per heavy atom. The first-order chi connectivity index (χ1) is 14.3. The highest BCUT2D eigenvalue weighted by Gasteiger charge is 2.16. The van der Waals surface area contributed by atoms with Crippen LogP contribution in [-0.4, -0.2) is 42.4 Å². The fourth-order valence-electron chi connectivity index (χ4n) is 2.90. The van der Waals surface area contributed by atoms with Gasteiger partial charge in [-0.15, -0.1) is 11.3 Å². The summed E-state index contributed by atoms with van der Waals surface area (Å²) in [5.41, 5.74) is 5.82. The van der Waals surface area contributed by atoms with E-state index in [0.29, 0.717) is 16.4 Å². The van der Waals surface area contributed by atoms with E-state index in [-0.39, 0.29) is 18.4 Å². The van der Waals surface area contributed by atoms with E-state index in [1.807, 2.05) is 5.38 Å². The predicted molar refractivity (Wildman–Crippen MR) is 120 cm³/mol. The van der Waals surface area contributed by atoms with Crippen molar-refractivity contribution in [3.63, 3.8) is 0 Å². The van der Waals surface area contributed by atoms with Crippen molar-refractivity contribution < 1.29 is 14.3 Å². The van der Waals surface area contributed by atoms with Crippen molar-refractivity contribution in [3.8, 4) is 17.0 Å². The number of hydrogen-bond donors (Lipinski definition) is 1. The van der Waals surface area contributed by atoms with E-state index in [4.69, 9.17) is 4.74 Å². The van der Waals surface area contributed by atoms with Gasteiger partial charge in [-0.2, -0.15) is 0 Å². The number of rotatable bonds is 6. The number of likely N-dealkylation sites (N-methyl/N-ethyl adjacent to an activating group) is 1. The van der Waals surface area contributed by atoms with Gasteiger partial charge in [-0.1, -0.05) is 18.2 Å². The summed E-state index contributed by atoms with van der Waals surface area (Å²) in [5, 5.41) is 5.28. The first-order valence-corrected chi connectivity index (χ1v) is 10.4. The first-order valence-electron chi connectivity index (χ1n) is 9.53. The number of anilines is 1. The second-order valence-electron chi connectivity index (χ2n) is 7.32. The zero-order valence-corrected chi connectivity index (χ0v) is 18.6. The van der Waals surface area contributed by atoms with Crippen molar-refractivity contribution in [2.75, 3.05) is 26.0 Å². The van der Waals surface area contributed by atoms with Crippen molar-refractivity contribution >= 4 is 28.3 Å². The van der Waals surface area contributed by atoms with Crippen LogP contribution in [0, 0.1) is 20.8 Å². The fourth-order valence-corrected chi connectivity index (χ4v) is 3.61. The molecule has 6 nitrogen and oxygen atoms in total. The van der Waals surface area contributed by atoms with Crippen LogP contribution in [0.1, 0.15) is 27.0 Å². The molecule has 1 heterocycles. The molecule has 156 valence electrons. The Labute approximate surface area is 180 Å². The van der Waals surface area contributed by atoms with E-state index in [9.17, 15) is 9.59 Å². The number of aryl methyl sites for hydroxylation is 3. The third kappa shape index (κ3) is 4.86. The molecule has 30 heavy (non-hydrogen) atoms. The molecule has 0 fully saturated rings. The molecule has 0 spiro atoms. The lowest BCUT2D eigenvalue weighted by atomic mass is 9.99. The van der Waals surface area contributed by atoms with Gasteiger partial charge in [-0.05, 0) is 55.7 Å². The molecule has 0 bridgehead atoms. The van der Waals surface area contributed by atoms with Gasteiger partial charge in [0.15, 0.2) is 11.7 Å². The summed E-state index contributed by atoms with van der Waals surface area (Å²) in [4.78, 5) is 30.6. The van der Waals surface area contributed by atoms with Crippen LogP contribution in [0.15, 0.2) is 41.8 Å². The van der Waals surface area contributed by atoms with Crippen molar-refractivity contribution in [2.24, 2.45) is 0 Å². The second kappa shape index (κ2) is 9.09. The Morgan fingerprint density at radius 1 is 1.07 bits per heavy atom. The number of para-hydroxylation sites is 1. The number of aromatic nitrogens is 1. The van der Waals surface area contributed by atoms with Crippen LogP contribution >= 0.6 is 11.3 Å². The molecule has 0 radical (unpaired) electrons. The zero-order valence-electron chi connectivity index (χ0n) is 17.8. The number of nitrogens with one attached hydrogen (secondary N) is 1. The number of hydrogen-bond acceptors (Lipinski definition) is 5. The summed E-state index contributed by atoms with van der Waals surface area (Å²) in [7, 11) is 3.31. The number of carbonyl (C=O) groups is 2. The summed E-state index contributed by atoms with van der Waals surface area (Å²) in [6.07, 6.45) is 0. The van der Waals surface area contributed by atoms with Gasteiger partial charge in [0.05, 0.1) is 11.3 Å². The van der Waals surface area contributed by atoms with Crippen LogP contribution in [0.5, 0.6) is 5.75 Å². The Morgan fingerprint density at radius 2 is 1.77 bits per heavy atom. The normalized spacial score (nSPS) is 10.6. The topological polar surface area (TPSA) is 71.5 Å². The largest absolute Gasteiger partial charge is 0.483 e. The standard InChI is InChI=1S/C23H25N3O3S/c1-14-10-16(3)18(11-15(14)2)19-13-30-23(24-19)25-22(28)17-8-6-7-9-20(17)29-12-21(27)26(4)5/h6-11,13H,12H2,1-5H3,(H,24,25,28). The molecule has 0 aliphatic carbocycles. The molecule has 0 atom stereocenters. The van der Waals surface area contributed by atoms with Gasteiger partial charge in [-0.25, -0.2) is 4.98 Å². The van der Waals surface area contributed by atoms with Crippen LogP contribution in [0.3, 0.4) is 0 Å². The van der Waals surface area contributed by atoms with Crippen LogP contribution < -0.4 is 10.1 Å². The summed E-state index contributed by atoms with van der Waals surface area (Å²) >= 11 is 1.37. The molecule has 0 unspecified atom stereocenters. The van der Waals surface area contributed by atoms with Crippen LogP contribution in [0.4, 0.5) is 5.13 Å². The van der Waals surface area contributed by atoms with Gasteiger partial charge in [0.2, 0.25) is 0 Å². The highest BCUT2D eigenvalue weighted by atomic mass is 32.1. The monoisotopic (exact) mass is 423 g/mol. The van der Waals surface area contributed by atoms with E-state index in [1.54, 1.807) is 38.4 Å². The summed E-state index contributed by atoms with van der Waals surface area (Å²) in [6.45, 7) is 6.09. The SMILES string of the molecule is Cc1cc(C)c(-c2csc(NC(=O)c3ccccc3OCC(=O)N(C)C)n2)cc1C. The predicted octanol–water partition coefficient (Wildman–Crippen LogP) is 4.45. The Hall–Kier alpha value is -3.19. The number of thiazole rings is 1. The Bertz CT molecular complexity index is 1090. The maximum atomic E-state index is 12.8. The molecule has 7 heteroatoms. The van der Waals surface area contributed by atoms with Gasteiger partial charge in [-0.3, -0.25) is 14.9 Å². The van der Waals surface area contributed by atoms with Crippen LogP contribution in [0.2, 0.25) is 0 Å². The maximum absolute atomic E-state index is 12.8. The number of nitrogens with zero attached hydrogens (tertiary/aromatic N) is 2. The molecule has 3 aromatic rings. The minimum absolute atomic E-state index is 0.134. The molecule has 1 aromatic heterocycles. The third-order valence-electron chi connectivity index (χ3n) is 4.82. The number of benzene rings is 2.